The Labute approximate surface area is 151 Å². The molecule has 0 atom stereocenters. The van der Waals surface area contributed by atoms with E-state index in [9.17, 15) is 4.79 Å². The maximum atomic E-state index is 12.6. The van der Waals surface area contributed by atoms with Gasteiger partial charge in [0.15, 0.2) is 0 Å². The summed E-state index contributed by atoms with van der Waals surface area (Å²) in [6.45, 7) is 9.29. The molecule has 1 fully saturated rings. The van der Waals surface area contributed by atoms with Gasteiger partial charge in [0.25, 0.3) is 0 Å². The van der Waals surface area contributed by atoms with E-state index < -0.39 is 0 Å². The van der Waals surface area contributed by atoms with Crippen LogP contribution in [-0.4, -0.2) is 23.9 Å². The summed E-state index contributed by atoms with van der Waals surface area (Å²) in [5, 5.41) is 3.10. The third kappa shape index (κ3) is 4.49. The number of aryl methyl sites for hydroxylation is 3. The summed E-state index contributed by atoms with van der Waals surface area (Å²) in [5.74, 6) is 0.286. The number of nitrogens with zero attached hydrogens (tertiary/aromatic N) is 1. The second-order valence-electron chi connectivity index (χ2n) is 7.27. The molecule has 0 bridgehead atoms. The van der Waals surface area contributed by atoms with Crippen LogP contribution in [-0.2, 0) is 11.3 Å². The molecule has 0 saturated carbocycles. The van der Waals surface area contributed by atoms with E-state index in [-0.39, 0.29) is 11.8 Å². The van der Waals surface area contributed by atoms with Crippen molar-refractivity contribution in [3.05, 3.63) is 64.7 Å². The van der Waals surface area contributed by atoms with Gasteiger partial charge in [0, 0.05) is 18.2 Å². The summed E-state index contributed by atoms with van der Waals surface area (Å²) >= 11 is 0. The second kappa shape index (κ2) is 7.83. The molecule has 0 radical (unpaired) electrons. The lowest BCUT2D eigenvalue weighted by molar-refractivity contribution is -0.121. The van der Waals surface area contributed by atoms with Crippen molar-refractivity contribution in [1.82, 2.24) is 4.90 Å². The summed E-state index contributed by atoms with van der Waals surface area (Å²) in [5.41, 5.74) is 6.11. The predicted molar refractivity (Wildman–Crippen MR) is 104 cm³/mol. The van der Waals surface area contributed by atoms with Crippen LogP contribution in [0.25, 0.3) is 0 Å². The van der Waals surface area contributed by atoms with Crippen LogP contribution in [0.2, 0.25) is 0 Å². The number of rotatable bonds is 4. The first kappa shape index (κ1) is 17.7. The average molecular weight is 336 g/mol. The Balaban J connectivity index is 1.52. The molecule has 0 aromatic heterocycles. The molecule has 1 heterocycles. The topological polar surface area (TPSA) is 32.3 Å². The van der Waals surface area contributed by atoms with E-state index in [1.54, 1.807) is 0 Å². The van der Waals surface area contributed by atoms with Gasteiger partial charge in [0.1, 0.15) is 0 Å². The SMILES string of the molecule is Cc1ccc(NC(=O)C2CCN(Cc3ccccc3C)CC2)cc1C. The highest BCUT2D eigenvalue weighted by molar-refractivity contribution is 5.92. The number of hydrogen-bond acceptors (Lipinski definition) is 2. The molecule has 0 spiro atoms. The number of carbonyl (C=O) groups is 1. The monoisotopic (exact) mass is 336 g/mol. The van der Waals surface area contributed by atoms with Crippen LogP contribution in [0.3, 0.4) is 0 Å². The first-order valence-electron chi connectivity index (χ1n) is 9.18. The van der Waals surface area contributed by atoms with Gasteiger partial charge < -0.3 is 5.32 Å². The molecule has 2 aromatic rings. The summed E-state index contributed by atoms with van der Waals surface area (Å²) in [4.78, 5) is 15.0. The van der Waals surface area contributed by atoms with E-state index >= 15 is 0 Å². The molecule has 25 heavy (non-hydrogen) atoms. The Bertz CT molecular complexity index is 745. The molecule has 1 aliphatic rings. The predicted octanol–water partition coefficient (Wildman–Crippen LogP) is 4.46. The van der Waals surface area contributed by atoms with E-state index in [0.29, 0.717) is 0 Å². The van der Waals surface area contributed by atoms with Crippen molar-refractivity contribution in [1.29, 1.82) is 0 Å². The third-order valence-corrected chi connectivity index (χ3v) is 5.39. The van der Waals surface area contributed by atoms with Gasteiger partial charge in [-0.3, -0.25) is 9.69 Å². The van der Waals surface area contributed by atoms with Crippen molar-refractivity contribution in [3.8, 4) is 0 Å². The molecule has 0 aliphatic carbocycles. The largest absolute Gasteiger partial charge is 0.326 e. The molecule has 3 nitrogen and oxygen atoms in total. The average Bonchev–Trinajstić information content (AvgIpc) is 2.61. The molecule has 0 unspecified atom stereocenters. The van der Waals surface area contributed by atoms with Crippen molar-refractivity contribution >= 4 is 11.6 Å². The number of amides is 1. The van der Waals surface area contributed by atoms with Crippen LogP contribution in [0.5, 0.6) is 0 Å². The van der Waals surface area contributed by atoms with Gasteiger partial charge in [-0.05, 0) is 81.1 Å². The van der Waals surface area contributed by atoms with Crippen LogP contribution < -0.4 is 5.32 Å². The Morgan fingerprint density at radius 1 is 1.00 bits per heavy atom. The molecule has 132 valence electrons. The van der Waals surface area contributed by atoms with Gasteiger partial charge in [-0.25, -0.2) is 0 Å². The molecule has 2 aromatic carbocycles. The Hall–Kier alpha value is -2.13. The normalized spacial score (nSPS) is 16.0. The molecule has 3 heteroatoms. The zero-order chi connectivity index (χ0) is 17.8. The fraction of sp³-hybridized carbons (Fsp3) is 0.409. The Morgan fingerprint density at radius 3 is 2.40 bits per heavy atom. The number of anilines is 1. The highest BCUT2D eigenvalue weighted by Crippen LogP contribution is 2.22. The van der Waals surface area contributed by atoms with E-state index in [0.717, 1.165) is 38.2 Å². The molecular formula is C22H28N2O. The summed E-state index contributed by atoms with van der Waals surface area (Å²) in [6.07, 6.45) is 1.87. The second-order valence-corrected chi connectivity index (χ2v) is 7.27. The lowest BCUT2D eigenvalue weighted by atomic mass is 9.95. The van der Waals surface area contributed by atoms with Crippen LogP contribution in [0.4, 0.5) is 5.69 Å². The number of carbonyl (C=O) groups excluding carboxylic acids is 1. The van der Waals surface area contributed by atoms with E-state index in [4.69, 9.17) is 0 Å². The van der Waals surface area contributed by atoms with Gasteiger partial charge in [-0.2, -0.15) is 0 Å². The minimum Gasteiger partial charge on any atom is -0.326 e. The van der Waals surface area contributed by atoms with Crippen molar-refractivity contribution in [2.75, 3.05) is 18.4 Å². The lowest BCUT2D eigenvalue weighted by Crippen LogP contribution is -2.37. The van der Waals surface area contributed by atoms with E-state index in [1.165, 1.54) is 22.3 Å². The van der Waals surface area contributed by atoms with Crippen molar-refractivity contribution < 1.29 is 4.79 Å². The fourth-order valence-corrected chi connectivity index (χ4v) is 3.45. The van der Waals surface area contributed by atoms with Crippen LogP contribution in [0.1, 0.15) is 35.1 Å². The summed E-state index contributed by atoms with van der Waals surface area (Å²) in [6, 6.07) is 14.7. The first-order chi connectivity index (χ1) is 12.0. The van der Waals surface area contributed by atoms with E-state index in [1.807, 2.05) is 6.07 Å². The Kier molecular flexibility index (Phi) is 5.54. The lowest BCUT2D eigenvalue weighted by Gasteiger charge is -2.31. The molecule has 1 saturated heterocycles. The first-order valence-corrected chi connectivity index (χ1v) is 9.18. The van der Waals surface area contributed by atoms with Crippen molar-refractivity contribution in [2.45, 2.75) is 40.2 Å². The number of piperidine rings is 1. The molecule has 3 rings (SSSR count). The van der Waals surface area contributed by atoms with Crippen LogP contribution in [0, 0.1) is 26.7 Å². The van der Waals surface area contributed by atoms with Crippen LogP contribution in [0.15, 0.2) is 42.5 Å². The number of hydrogen-bond donors (Lipinski definition) is 1. The molecular weight excluding hydrogens is 308 g/mol. The highest BCUT2D eigenvalue weighted by atomic mass is 16.1. The van der Waals surface area contributed by atoms with Gasteiger partial charge in [-0.1, -0.05) is 30.3 Å². The maximum absolute atomic E-state index is 12.6. The Morgan fingerprint density at radius 2 is 1.72 bits per heavy atom. The standard InChI is InChI=1S/C22H28N2O/c1-16-8-9-21(14-18(16)3)23-22(25)19-10-12-24(13-11-19)15-20-7-5-4-6-17(20)2/h4-9,14,19H,10-13,15H2,1-3H3,(H,23,25). The third-order valence-electron chi connectivity index (χ3n) is 5.39. The van der Waals surface area contributed by atoms with E-state index in [2.05, 4.69) is 67.4 Å². The summed E-state index contributed by atoms with van der Waals surface area (Å²) < 4.78 is 0. The van der Waals surface area contributed by atoms with Crippen molar-refractivity contribution in [3.63, 3.8) is 0 Å². The number of benzene rings is 2. The van der Waals surface area contributed by atoms with Gasteiger partial charge >= 0.3 is 0 Å². The zero-order valence-electron chi connectivity index (χ0n) is 15.5. The maximum Gasteiger partial charge on any atom is 0.227 e. The zero-order valence-corrected chi connectivity index (χ0v) is 15.5. The smallest absolute Gasteiger partial charge is 0.227 e. The minimum atomic E-state index is 0.120. The molecule has 1 N–H and O–H groups in total. The highest BCUT2D eigenvalue weighted by Gasteiger charge is 2.25. The van der Waals surface area contributed by atoms with Gasteiger partial charge in [0.2, 0.25) is 5.91 Å². The van der Waals surface area contributed by atoms with Crippen molar-refractivity contribution in [2.24, 2.45) is 5.92 Å². The number of likely N-dealkylation sites (tertiary alicyclic amines) is 1. The van der Waals surface area contributed by atoms with Crippen LogP contribution >= 0.6 is 0 Å². The molecule has 1 aliphatic heterocycles. The quantitative estimate of drug-likeness (QED) is 0.894. The summed E-state index contributed by atoms with van der Waals surface area (Å²) in [7, 11) is 0. The molecule has 1 amide bonds. The number of nitrogens with one attached hydrogen (secondary N) is 1. The van der Waals surface area contributed by atoms with Gasteiger partial charge in [0.05, 0.1) is 0 Å². The minimum absolute atomic E-state index is 0.120. The van der Waals surface area contributed by atoms with Gasteiger partial charge in [-0.15, -0.1) is 0 Å². The fourth-order valence-electron chi connectivity index (χ4n) is 3.45.